The van der Waals surface area contributed by atoms with Gasteiger partial charge in [-0.1, -0.05) is 37.1 Å². The number of nitrogens with zero attached hydrogens (tertiary/aromatic N) is 3. The molecule has 0 saturated carbocycles. The number of imide groups is 1. The van der Waals surface area contributed by atoms with Crippen LogP contribution in [0.25, 0.3) is 0 Å². The van der Waals surface area contributed by atoms with E-state index in [-0.39, 0.29) is 49.2 Å². The van der Waals surface area contributed by atoms with Crippen LogP contribution < -0.4 is 10.2 Å². The molecule has 4 rings (SSSR count). The molecule has 196 valence electrons. The number of halogens is 2. The zero-order chi connectivity index (χ0) is 27.1. The Bertz CT molecular complexity index is 1240. The number of hydrogen-bond donors (Lipinski definition) is 1. The van der Waals surface area contributed by atoms with Gasteiger partial charge in [-0.25, -0.2) is 9.18 Å². The molecule has 0 aromatic heterocycles. The highest BCUT2D eigenvalue weighted by atomic mass is 35.5. The average molecular weight is 529 g/mol. The summed E-state index contributed by atoms with van der Waals surface area (Å²) in [6.07, 6.45) is 0.475. The SMILES string of the molecule is Cc1ccc(F)c(C(=O)N[C@@H](C(=O)N2CCC3(CC2)C(=O)N(C)C(=O)N3c2ccc(Cl)cc2)C(C)C)c1. The highest BCUT2D eigenvalue weighted by molar-refractivity contribution is 6.30. The van der Waals surface area contributed by atoms with Crippen molar-refractivity contribution in [2.75, 3.05) is 25.0 Å². The Labute approximate surface area is 220 Å². The molecule has 1 spiro atoms. The van der Waals surface area contributed by atoms with E-state index < -0.39 is 29.3 Å². The number of carbonyl (C=O) groups is 4. The van der Waals surface area contributed by atoms with Gasteiger partial charge >= 0.3 is 6.03 Å². The van der Waals surface area contributed by atoms with E-state index in [1.807, 2.05) is 0 Å². The van der Waals surface area contributed by atoms with Crippen molar-refractivity contribution in [1.82, 2.24) is 15.1 Å². The van der Waals surface area contributed by atoms with E-state index in [0.29, 0.717) is 10.7 Å². The van der Waals surface area contributed by atoms with Crippen LogP contribution in [0.5, 0.6) is 0 Å². The van der Waals surface area contributed by atoms with Gasteiger partial charge in [0.05, 0.1) is 5.56 Å². The number of piperidine rings is 1. The van der Waals surface area contributed by atoms with E-state index in [4.69, 9.17) is 11.6 Å². The molecule has 2 heterocycles. The van der Waals surface area contributed by atoms with Crippen LogP contribution in [-0.4, -0.2) is 65.3 Å². The number of nitrogens with one attached hydrogen (secondary N) is 1. The summed E-state index contributed by atoms with van der Waals surface area (Å²) in [5, 5.41) is 3.21. The van der Waals surface area contributed by atoms with Crippen molar-refractivity contribution >= 4 is 41.0 Å². The van der Waals surface area contributed by atoms with Gasteiger partial charge in [0.1, 0.15) is 17.4 Å². The lowest BCUT2D eigenvalue weighted by Crippen LogP contribution is -2.60. The quantitative estimate of drug-likeness (QED) is 0.594. The number of rotatable bonds is 5. The number of likely N-dealkylation sites (N-methyl/N-ethyl adjacent to an activating group) is 1. The van der Waals surface area contributed by atoms with Crippen molar-refractivity contribution in [3.05, 3.63) is 64.4 Å². The third-order valence-electron chi connectivity index (χ3n) is 7.18. The summed E-state index contributed by atoms with van der Waals surface area (Å²) in [5.41, 5.74) is 0.0518. The molecule has 0 unspecified atom stereocenters. The smallest absolute Gasteiger partial charge is 0.331 e. The lowest BCUT2D eigenvalue weighted by molar-refractivity contribution is -0.139. The summed E-state index contributed by atoms with van der Waals surface area (Å²) >= 11 is 6.01. The molecule has 2 aromatic carbocycles. The molecule has 2 aromatic rings. The second-order valence-corrected chi connectivity index (χ2v) is 10.4. The van der Waals surface area contributed by atoms with Gasteiger partial charge in [0.25, 0.3) is 11.8 Å². The third-order valence-corrected chi connectivity index (χ3v) is 7.43. The lowest BCUT2D eigenvalue weighted by Gasteiger charge is -2.43. The monoisotopic (exact) mass is 528 g/mol. The van der Waals surface area contributed by atoms with Crippen LogP contribution in [0.2, 0.25) is 5.02 Å². The van der Waals surface area contributed by atoms with Gasteiger partial charge in [-0.15, -0.1) is 0 Å². The van der Waals surface area contributed by atoms with E-state index in [0.717, 1.165) is 10.5 Å². The van der Waals surface area contributed by atoms with Crippen molar-refractivity contribution in [1.29, 1.82) is 0 Å². The molecule has 5 amide bonds. The van der Waals surface area contributed by atoms with Crippen LogP contribution in [0.1, 0.15) is 42.6 Å². The lowest BCUT2D eigenvalue weighted by atomic mass is 9.85. The van der Waals surface area contributed by atoms with Crippen molar-refractivity contribution in [2.45, 2.75) is 45.2 Å². The Morgan fingerprint density at radius 2 is 1.68 bits per heavy atom. The first-order valence-corrected chi connectivity index (χ1v) is 12.6. The van der Waals surface area contributed by atoms with Gasteiger partial charge < -0.3 is 10.2 Å². The van der Waals surface area contributed by atoms with Crippen LogP contribution in [-0.2, 0) is 9.59 Å². The van der Waals surface area contributed by atoms with Gasteiger partial charge in [-0.2, -0.15) is 0 Å². The molecule has 8 nitrogen and oxygen atoms in total. The first kappa shape index (κ1) is 26.6. The fraction of sp³-hybridized carbons (Fsp3) is 0.407. The van der Waals surface area contributed by atoms with Gasteiger partial charge in [0.2, 0.25) is 5.91 Å². The Morgan fingerprint density at radius 1 is 1.05 bits per heavy atom. The van der Waals surface area contributed by atoms with Crippen LogP contribution in [0.3, 0.4) is 0 Å². The molecule has 2 aliphatic heterocycles. The molecule has 37 heavy (non-hydrogen) atoms. The molecule has 2 fully saturated rings. The molecular formula is C27H30ClFN4O4. The standard InChI is InChI=1S/C27H30ClFN4O4/c1-16(2)22(30-23(34)20-15-17(3)5-10-21(20)29)24(35)32-13-11-27(12-14-32)25(36)31(4)26(37)33(27)19-8-6-18(28)7-9-19/h5-10,15-16,22H,11-14H2,1-4H3,(H,30,34)/t22-/m1/s1. The predicted molar refractivity (Wildman–Crippen MR) is 138 cm³/mol. The van der Waals surface area contributed by atoms with Crippen molar-refractivity contribution in [2.24, 2.45) is 5.92 Å². The van der Waals surface area contributed by atoms with Gasteiger partial charge in [-0.05, 0) is 62.1 Å². The second-order valence-electron chi connectivity index (χ2n) is 9.99. The largest absolute Gasteiger partial charge is 0.341 e. The highest BCUT2D eigenvalue weighted by Gasteiger charge is 2.58. The van der Waals surface area contributed by atoms with Crippen molar-refractivity contribution in [3.63, 3.8) is 0 Å². The third kappa shape index (κ3) is 4.80. The Balaban J connectivity index is 1.53. The summed E-state index contributed by atoms with van der Waals surface area (Å²) in [7, 11) is 1.45. The predicted octanol–water partition coefficient (Wildman–Crippen LogP) is 4.00. The second kappa shape index (κ2) is 10.1. The zero-order valence-electron chi connectivity index (χ0n) is 21.3. The average Bonchev–Trinajstić information content (AvgIpc) is 3.05. The van der Waals surface area contributed by atoms with Gasteiger partial charge in [0, 0.05) is 30.8 Å². The molecule has 10 heteroatoms. The zero-order valence-corrected chi connectivity index (χ0v) is 22.0. The summed E-state index contributed by atoms with van der Waals surface area (Å²) < 4.78 is 14.3. The molecule has 0 aliphatic carbocycles. The number of likely N-dealkylation sites (tertiary alicyclic amines) is 1. The van der Waals surface area contributed by atoms with Crippen LogP contribution in [0.4, 0.5) is 14.9 Å². The van der Waals surface area contributed by atoms with Gasteiger partial charge in [0.15, 0.2) is 0 Å². The van der Waals surface area contributed by atoms with Crippen molar-refractivity contribution < 1.29 is 23.6 Å². The number of hydrogen-bond acceptors (Lipinski definition) is 4. The van der Waals surface area contributed by atoms with Gasteiger partial charge in [-0.3, -0.25) is 24.2 Å². The Morgan fingerprint density at radius 3 is 2.27 bits per heavy atom. The van der Waals surface area contributed by atoms with E-state index in [9.17, 15) is 23.6 Å². The Hall–Kier alpha value is -3.46. The summed E-state index contributed by atoms with van der Waals surface area (Å²) in [4.78, 5) is 56.8. The minimum Gasteiger partial charge on any atom is -0.341 e. The first-order valence-electron chi connectivity index (χ1n) is 12.2. The van der Waals surface area contributed by atoms with E-state index in [1.54, 1.807) is 56.0 Å². The van der Waals surface area contributed by atoms with E-state index in [2.05, 4.69) is 5.32 Å². The summed E-state index contributed by atoms with van der Waals surface area (Å²) in [6, 6.07) is 9.64. The highest BCUT2D eigenvalue weighted by Crippen LogP contribution is 2.40. The van der Waals surface area contributed by atoms with Crippen LogP contribution in [0.15, 0.2) is 42.5 Å². The fourth-order valence-corrected chi connectivity index (χ4v) is 5.18. The summed E-state index contributed by atoms with van der Waals surface area (Å²) in [6.45, 7) is 5.79. The topological polar surface area (TPSA) is 90.0 Å². The molecule has 0 bridgehead atoms. The van der Waals surface area contributed by atoms with E-state index in [1.165, 1.54) is 24.1 Å². The maximum atomic E-state index is 14.3. The number of carbonyl (C=O) groups excluding carboxylic acids is 4. The molecule has 1 N–H and O–H groups in total. The van der Waals surface area contributed by atoms with Crippen LogP contribution >= 0.6 is 11.6 Å². The molecule has 1 atom stereocenters. The molecular weight excluding hydrogens is 499 g/mol. The number of amides is 5. The molecule has 2 aliphatic rings. The molecule has 0 radical (unpaired) electrons. The van der Waals surface area contributed by atoms with Crippen molar-refractivity contribution in [3.8, 4) is 0 Å². The van der Waals surface area contributed by atoms with E-state index >= 15 is 0 Å². The Kier molecular flexibility index (Phi) is 7.28. The fourth-order valence-electron chi connectivity index (χ4n) is 5.05. The minimum absolute atomic E-state index is 0.118. The maximum absolute atomic E-state index is 14.3. The first-order chi connectivity index (χ1) is 17.5. The molecule has 2 saturated heterocycles. The van der Waals surface area contributed by atoms with Crippen LogP contribution in [0, 0.1) is 18.7 Å². The maximum Gasteiger partial charge on any atom is 0.331 e. The minimum atomic E-state index is -1.11. The normalized spacial score (nSPS) is 18.1. The number of urea groups is 1. The number of benzene rings is 2. The number of anilines is 1. The summed E-state index contributed by atoms with van der Waals surface area (Å²) in [5.74, 6) is -2.20. The number of aryl methyl sites for hydroxylation is 1.